The van der Waals surface area contributed by atoms with E-state index in [9.17, 15) is 5.11 Å². The van der Waals surface area contributed by atoms with E-state index in [0.717, 1.165) is 6.42 Å². The maximum absolute atomic E-state index is 9.37. The molecule has 1 aromatic carbocycles. The van der Waals surface area contributed by atoms with Gasteiger partial charge in [-0.15, -0.1) is 0 Å². The highest BCUT2D eigenvalue weighted by Gasteiger charge is 2.29. The Bertz CT molecular complexity index is 346. The number of hydrogen-bond acceptors (Lipinski definition) is 2. The van der Waals surface area contributed by atoms with Crippen molar-refractivity contribution in [2.24, 2.45) is 0 Å². The van der Waals surface area contributed by atoms with E-state index in [1.54, 1.807) is 6.07 Å². The van der Waals surface area contributed by atoms with Crippen molar-refractivity contribution in [1.82, 2.24) is 5.32 Å². The average Bonchev–Trinajstić information content (AvgIpc) is 2.45. The third-order valence-electron chi connectivity index (χ3n) is 3.11. The van der Waals surface area contributed by atoms with E-state index in [0.29, 0.717) is 11.8 Å². The van der Waals surface area contributed by atoms with Crippen molar-refractivity contribution in [1.29, 1.82) is 0 Å². The predicted octanol–water partition coefficient (Wildman–Crippen LogP) is 2.47. The minimum atomic E-state index is 0.279. The van der Waals surface area contributed by atoms with Crippen molar-refractivity contribution in [3.8, 4) is 5.75 Å². The lowest BCUT2D eigenvalue weighted by Crippen LogP contribution is -2.38. The van der Waals surface area contributed by atoms with E-state index in [2.05, 4.69) is 25.2 Å². The highest BCUT2D eigenvalue weighted by atomic mass is 16.3. The molecule has 0 amide bonds. The monoisotopic (exact) mass is 205 g/mol. The lowest BCUT2D eigenvalue weighted by molar-refractivity contribution is 0.427. The van der Waals surface area contributed by atoms with Crippen LogP contribution in [-0.4, -0.2) is 16.7 Å². The van der Waals surface area contributed by atoms with Gasteiger partial charge in [0.1, 0.15) is 5.75 Å². The summed E-state index contributed by atoms with van der Waals surface area (Å²) in [6.45, 7) is 4.49. The molecule has 0 aliphatic carbocycles. The lowest BCUT2D eigenvalue weighted by atomic mass is 10.0. The van der Waals surface area contributed by atoms with Gasteiger partial charge in [0.05, 0.1) is 0 Å². The molecular weight excluding hydrogens is 186 g/mol. The van der Waals surface area contributed by atoms with E-state index < -0.39 is 0 Å². The Kier molecular flexibility index (Phi) is 2.70. The second kappa shape index (κ2) is 3.86. The van der Waals surface area contributed by atoms with Crippen LogP contribution >= 0.6 is 0 Å². The largest absolute Gasteiger partial charge is 0.508 e. The number of phenols is 1. The Morgan fingerprint density at radius 3 is 2.87 bits per heavy atom. The van der Waals surface area contributed by atoms with Crippen LogP contribution in [0.4, 0.5) is 0 Å². The van der Waals surface area contributed by atoms with Crippen molar-refractivity contribution < 1.29 is 5.11 Å². The summed E-state index contributed by atoms with van der Waals surface area (Å²) in [5.41, 5.74) is 1.49. The molecule has 2 rings (SSSR count). The maximum Gasteiger partial charge on any atom is 0.115 e. The fraction of sp³-hybridized carbons (Fsp3) is 0.538. The zero-order valence-corrected chi connectivity index (χ0v) is 9.46. The third kappa shape index (κ3) is 2.72. The lowest BCUT2D eigenvalue weighted by Gasteiger charge is -2.20. The van der Waals surface area contributed by atoms with E-state index in [1.165, 1.54) is 18.4 Å². The first-order chi connectivity index (χ1) is 7.05. The Morgan fingerprint density at radius 1 is 1.47 bits per heavy atom. The van der Waals surface area contributed by atoms with Crippen molar-refractivity contribution in [2.75, 3.05) is 0 Å². The van der Waals surface area contributed by atoms with Gasteiger partial charge in [-0.25, -0.2) is 0 Å². The Hall–Kier alpha value is -1.02. The summed E-state index contributed by atoms with van der Waals surface area (Å²) in [4.78, 5) is 0. The van der Waals surface area contributed by atoms with Crippen LogP contribution in [0.25, 0.3) is 0 Å². The molecule has 0 aromatic heterocycles. The second-order valence-electron chi connectivity index (χ2n) is 5.14. The van der Waals surface area contributed by atoms with Gasteiger partial charge in [0.25, 0.3) is 0 Å². The zero-order valence-electron chi connectivity index (χ0n) is 9.46. The van der Waals surface area contributed by atoms with Crippen molar-refractivity contribution in [3.05, 3.63) is 29.8 Å². The first-order valence-electron chi connectivity index (χ1n) is 5.61. The second-order valence-corrected chi connectivity index (χ2v) is 5.14. The molecule has 1 heterocycles. The quantitative estimate of drug-likeness (QED) is 0.777. The fourth-order valence-electron chi connectivity index (χ4n) is 2.35. The first kappa shape index (κ1) is 10.5. The SMILES string of the molecule is CC1(C)CCC(Cc2cccc(O)c2)N1. The third-order valence-corrected chi connectivity index (χ3v) is 3.11. The Labute approximate surface area is 91.3 Å². The van der Waals surface area contributed by atoms with Gasteiger partial charge in [0.15, 0.2) is 0 Å². The number of benzene rings is 1. The molecule has 2 N–H and O–H groups in total. The zero-order chi connectivity index (χ0) is 10.9. The van der Waals surface area contributed by atoms with Gasteiger partial charge in [-0.05, 0) is 50.8 Å². The number of phenolic OH excluding ortho intramolecular Hbond substituents is 1. The molecule has 0 spiro atoms. The molecule has 0 saturated carbocycles. The topological polar surface area (TPSA) is 32.3 Å². The molecule has 2 heteroatoms. The Morgan fingerprint density at radius 2 is 2.27 bits per heavy atom. The average molecular weight is 205 g/mol. The normalized spacial score (nSPS) is 24.3. The molecule has 2 nitrogen and oxygen atoms in total. The van der Waals surface area contributed by atoms with Crippen LogP contribution in [0.15, 0.2) is 24.3 Å². The van der Waals surface area contributed by atoms with Crippen molar-refractivity contribution in [2.45, 2.75) is 44.7 Å². The summed E-state index contributed by atoms with van der Waals surface area (Å²) < 4.78 is 0. The van der Waals surface area contributed by atoms with E-state index in [-0.39, 0.29) is 5.54 Å². The first-order valence-corrected chi connectivity index (χ1v) is 5.61. The molecule has 15 heavy (non-hydrogen) atoms. The summed E-state index contributed by atoms with van der Waals surface area (Å²) in [6.07, 6.45) is 3.47. The molecule has 0 radical (unpaired) electrons. The van der Waals surface area contributed by atoms with Gasteiger partial charge < -0.3 is 10.4 Å². The van der Waals surface area contributed by atoms with Crippen LogP contribution in [-0.2, 0) is 6.42 Å². The molecule has 1 aliphatic heterocycles. The van der Waals surface area contributed by atoms with Gasteiger partial charge in [0, 0.05) is 11.6 Å². The summed E-state index contributed by atoms with van der Waals surface area (Å²) in [5.74, 6) is 0.366. The fourth-order valence-corrected chi connectivity index (χ4v) is 2.35. The van der Waals surface area contributed by atoms with Gasteiger partial charge in [-0.1, -0.05) is 12.1 Å². The minimum Gasteiger partial charge on any atom is -0.508 e. The van der Waals surface area contributed by atoms with Crippen LogP contribution in [0, 0.1) is 0 Å². The summed E-state index contributed by atoms with van der Waals surface area (Å²) >= 11 is 0. The molecule has 1 unspecified atom stereocenters. The van der Waals surface area contributed by atoms with Crippen molar-refractivity contribution in [3.63, 3.8) is 0 Å². The van der Waals surface area contributed by atoms with Gasteiger partial charge in [-0.3, -0.25) is 0 Å². The van der Waals surface area contributed by atoms with Gasteiger partial charge >= 0.3 is 0 Å². The maximum atomic E-state index is 9.37. The summed E-state index contributed by atoms with van der Waals surface area (Å²) in [5, 5.41) is 13.0. The van der Waals surface area contributed by atoms with Crippen LogP contribution in [0.5, 0.6) is 5.75 Å². The molecule has 1 saturated heterocycles. The Balaban J connectivity index is 1.99. The van der Waals surface area contributed by atoms with Crippen LogP contribution in [0.1, 0.15) is 32.3 Å². The number of rotatable bonds is 2. The van der Waals surface area contributed by atoms with Crippen molar-refractivity contribution >= 4 is 0 Å². The van der Waals surface area contributed by atoms with Crippen LogP contribution in [0.3, 0.4) is 0 Å². The van der Waals surface area contributed by atoms with Gasteiger partial charge in [0.2, 0.25) is 0 Å². The van der Waals surface area contributed by atoms with E-state index in [4.69, 9.17) is 0 Å². The molecule has 1 aromatic rings. The van der Waals surface area contributed by atoms with Crippen LogP contribution in [0.2, 0.25) is 0 Å². The predicted molar refractivity (Wildman–Crippen MR) is 62.0 cm³/mol. The molecule has 0 bridgehead atoms. The molecule has 1 fully saturated rings. The highest BCUT2D eigenvalue weighted by molar-refractivity contribution is 5.27. The summed E-state index contributed by atoms with van der Waals surface area (Å²) in [7, 11) is 0. The number of hydrogen-bond donors (Lipinski definition) is 2. The molecule has 1 atom stereocenters. The standard InChI is InChI=1S/C13H19NO/c1-13(2)7-6-11(14-13)8-10-4-3-5-12(15)9-10/h3-5,9,11,14-15H,6-8H2,1-2H3. The number of nitrogens with one attached hydrogen (secondary N) is 1. The molecule has 1 aliphatic rings. The van der Waals surface area contributed by atoms with Crippen LogP contribution < -0.4 is 5.32 Å². The van der Waals surface area contributed by atoms with Gasteiger partial charge in [-0.2, -0.15) is 0 Å². The highest BCUT2D eigenvalue weighted by Crippen LogP contribution is 2.25. The van der Waals surface area contributed by atoms with E-state index >= 15 is 0 Å². The molecular formula is C13H19NO. The smallest absolute Gasteiger partial charge is 0.115 e. The molecule has 82 valence electrons. The summed E-state index contributed by atoms with van der Waals surface area (Å²) in [6, 6.07) is 8.11. The minimum absolute atomic E-state index is 0.279. The van der Waals surface area contributed by atoms with E-state index in [1.807, 2.05) is 12.1 Å². The number of aromatic hydroxyl groups is 1.